The van der Waals surface area contributed by atoms with E-state index in [1.165, 1.54) is 9.80 Å². The van der Waals surface area contributed by atoms with Gasteiger partial charge < -0.3 is 93.0 Å². The Morgan fingerprint density at radius 1 is 0.390 bits per heavy atom. The van der Waals surface area contributed by atoms with Gasteiger partial charge in [-0.2, -0.15) is 0 Å². The SMILES string of the molecule is CC(C)O.CC(C)O.Cc1cc(C(C)(C)C)cc(C[NH+](CCCCCC[NH+](Cc2cc(C(C)(C)C)cc(C)c2[O-])Cc2cc(C(C)(C)C)cc(C)c2[O-])Cc2cc(C(C)(C)C)cc(C)c2[O-])c1[O-].O=[N+]([O-])[O-].O=[N+]([O-])[O-].[O-2].[O-2].[O-2].[O-2].[U].[U]. The molecule has 0 aliphatic carbocycles. The normalized spacial score (nSPS) is 10.9. The Labute approximate surface area is 537 Å². The molecule has 0 fully saturated rings. The van der Waals surface area contributed by atoms with E-state index in [4.69, 9.17) is 40.9 Å². The fourth-order valence-electron chi connectivity index (χ4n) is 8.30. The van der Waals surface area contributed by atoms with Gasteiger partial charge in [0.25, 0.3) is 0 Å². The van der Waals surface area contributed by atoms with Crippen LogP contribution in [0.25, 0.3) is 0 Å². The molecule has 0 unspecified atom stereocenters. The second-order valence-corrected chi connectivity index (χ2v) is 24.9. The van der Waals surface area contributed by atoms with Gasteiger partial charge in [0.2, 0.25) is 0 Å². The van der Waals surface area contributed by atoms with Crippen molar-refractivity contribution in [2.45, 2.75) is 224 Å². The molecule has 0 aromatic heterocycles. The molecule has 20 nitrogen and oxygen atoms in total. The predicted octanol–water partition coefficient (Wildman–Crippen LogP) is 7.66. The van der Waals surface area contributed by atoms with Crippen LogP contribution in [0.1, 0.15) is 203 Å². The van der Waals surface area contributed by atoms with Gasteiger partial charge in [0.05, 0.1) is 23.3 Å². The number of nitrogens with one attached hydrogen (secondary N) is 2. The summed E-state index contributed by atoms with van der Waals surface area (Å²) in [5.74, 6) is 0.387. The first kappa shape index (κ1) is 92.0. The summed E-state index contributed by atoms with van der Waals surface area (Å²) in [5.41, 5.74) is 10.6. The number of unbranched alkanes of at least 4 members (excludes halogenated alkanes) is 3. The van der Waals surface area contributed by atoms with Gasteiger partial charge in [-0.3, -0.25) is 0 Å². The number of hydrogen-bond acceptors (Lipinski definition) is 12. The average Bonchev–Trinajstić information content (AvgIpc) is 3.22. The fourth-order valence-corrected chi connectivity index (χ4v) is 8.30. The summed E-state index contributed by atoms with van der Waals surface area (Å²) in [5, 5.41) is 99.9. The third-order valence-electron chi connectivity index (χ3n) is 12.4. The standard InChI is InChI=1S/C54H80N2O4.2C3H8O.2NO3.4O.2U/c1-35-23-43(51(5,6)7)27-39(47(35)57)31-55(32-40-28-44(52(8,9)10)24-36(2)48(40)58)21-19-17-18-20-22-56(33-41-29-45(53(11,12)13)25-37(3)49(41)59)34-42-30-46(54(14,15)16)26-38(4)50(42)60;2*1-3(2)4;2*2-1(3)4;;;;;;/h23-30,57-60H,17-22,31-34H2,1-16H3;2*3-4H,1-2H3;;;;;;;;/q;;;2*-1;4*-2;;/p-2. The van der Waals surface area contributed by atoms with E-state index in [-0.39, 0.29) is 141 Å². The Hall–Kier alpha value is -3.74. The molecule has 0 amide bonds. The summed E-state index contributed by atoms with van der Waals surface area (Å²) in [6, 6.07) is 16.5. The Morgan fingerprint density at radius 2 is 0.537 bits per heavy atom. The molecule has 0 radical (unpaired) electrons. The smallest absolute Gasteiger partial charge is 0.102 e. The number of aliphatic hydroxyl groups excluding tert-OH is 2. The maximum Gasteiger partial charge on any atom is 0.102 e. The van der Waals surface area contributed by atoms with Crippen LogP contribution in [-0.4, -0.2) is 45.7 Å². The molecule has 0 aliphatic heterocycles. The van der Waals surface area contributed by atoms with Crippen LogP contribution >= 0.6 is 0 Å². The third-order valence-corrected chi connectivity index (χ3v) is 12.4. The molecule has 0 spiro atoms. The van der Waals surface area contributed by atoms with Gasteiger partial charge in [-0.15, -0.1) is 0 Å². The molecule has 22 heteroatoms. The Balaban J connectivity index is -0.000000453. The molecule has 82 heavy (non-hydrogen) atoms. The van der Waals surface area contributed by atoms with Crippen molar-refractivity contribution in [2.75, 3.05) is 13.1 Å². The summed E-state index contributed by atoms with van der Waals surface area (Å²) in [6.45, 7) is 44.7. The molecule has 4 N–H and O–H groups in total. The number of aryl methyl sites for hydroxylation is 4. The third kappa shape index (κ3) is 36.2. The summed E-state index contributed by atoms with van der Waals surface area (Å²) in [7, 11) is 0. The Bertz CT molecular complexity index is 2140. The fraction of sp³-hybridized carbons (Fsp3) is 0.600. The molecule has 0 atom stereocenters. The first-order valence-electron chi connectivity index (χ1n) is 26.4. The van der Waals surface area contributed by atoms with Gasteiger partial charge in [0.15, 0.2) is 0 Å². The van der Waals surface area contributed by atoms with Crippen molar-refractivity contribution in [3.63, 3.8) is 0 Å². The van der Waals surface area contributed by atoms with Gasteiger partial charge >= 0.3 is 0 Å². The average molecular weight is 1600 g/mol. The van der Waals surface area contributed by atoms with Crippen LogP contribution in [0, 0.1) is 121 Å². The van der Waals surface area contributed by atoms with Crippen LogP contribution in [0.3, 0.4) is 0 Å². The van der Waals surface area contributed by atoms with E-state index in [0.717, 1.165) is 106 Å². The van der Waals surface area contributed by atoms with Crippen LogP contribution < -0.4 is 30.2 Å². The number of benzene rings is 4. The van der Waals surface area contributed by atoms with E-state index in [9.17, 15) is 20.4 Å². The zero-order chi connectivity index (χ0) is 59.4. The summed E-state index contributed by atoms with van der Waals surface area (Å²) in [6.07, 6.45) is 3.59. The molecule has 0 saturated heterocycles. The van der Waals surface area contributed by atoms with Crippen LogP contribution in [0.15, 0.2) is 48.5 Å². The summed E-state index contributed by atoms with van der Waals surface area (Å²) >= 11 is 0. The van der Waals surface area contributed by atoms with Crippen molar-refractivity contribution in [1.82, 2.24) is 0 Å². The van der Waals surface area contributed by atoms with E-state index in [0.29, 0.717) is 26.2 Å². The second kappa shape index (κ2) is 41.3. The molecular weight excluding hydrogens is 1510 g/mol. The van der Waals surface area contributed by atoms with E-state index >= 15 is 0 Å². The molecule has 470 valence electrons. The predicted molar refractivity (Wildman–Crippen MR) is 300 cm³/mol. The Morgan fingerprint density at radius 3 is 0.671 bits per heavy atom. The Kier molecular flexibility index (Phi) is 46.4. The van der Waals surface area contributed by atoms with E-state index in [2.05, 4.69) is 107 Å². The zero-order valence-corrected chi connectivity index (χ0v) is 60.7. The van der Waals surface area contributed by atoms with Crippen LogP contribution in [0.4, 0.5) is 0 Å². The van der Waals surface area contributed by atoms with Crippen molar-refractivity contribution in [3.8, 4) is 23.0 Å². The van der Waals surface area contributed by atoms with Gasteiger partial charge in [0.1, 0.15) is 26.2 Å². The number of aliphatic hydroxyl groups is 2. The molecule has 0 heterocycles. The van der Waals surface area contributed by atoms with Crippen LogP contribution in [-0.2, 0) is 69.7 Å². The molecule has 0 bridgehead atoms. The van der Waals surface area contributed by atoms with Crippen molar-refractivity contribution in [3.05, 3.63) is 146 Å². The van der Waals surface area contributed by atoms with Gasteiger partial charge in [-0.1, -0.05) is 177 Å². The monoisotopic (exact) mass is 1600 g/mol. The van der Waals surface area contributed by atoms with Crippen molar-refractivity contribution < 1.29 is 135 Å². The summed E-state index contributed by atoms with van der Waals surface area (Å²) in [4.78, 5) is 18.9. The van der Waals surface area contributed by atoms with Crippen LogP contribution in [0.2, 0.25) is 0 Å². The minimum Gasteiger partial charge on any atom is -2.00 e. The summed E-state index contributed by atoms with van der Waals surface area (Å²) < 4.78 is 0. The van der Waals surface area contributed by atoms with E-state index < -0.39 is 10.2 Å². The largest absolute Gasteiger partial charge is 2.00 e. The molecule has 0 aliphatic rings. The number of quaternary nitrogens is 2. The van der Waals surface area contributed by atoms with E-state index in [1.807, 2.05) is 52.0 Å². The van der Waals surface area contributed by atoms with Crippen molar-refractivity contribution >= 4 is 0 Å². The first-order chi connectivity index (χ1) is 34.5. The van der Waals surface area contributed by atoms with Crippen LogP contribution in [0.5, 0.6) is 23.0 Å². The quantitative estimate of drug-likeness (QED) is 0.0506. The van der Waals surface area contributed by atoms with Gasteiger partial charge in [-0.25, -0.2) is 0 Å². The van der Waals surface area contributed by atoms with Gasteiger partial charge in [0, 0.05) is 74.4 Å². The second-order valence-electron chi connectivity index (χ2n) is 24.9. The maximum absolute atomic E-state index is 13.6. The molecule has 4 aromatic carbocycles. The van der Waals surface area contributed by atoms with E-state index in [1.54, 1.807) is 27.7 Å². The van der Waals surface area contributed by atoms with Crippen molar-refractivity contribution in [2.24, 2.45) is 0 Å². The number of nitrogens with zero attached hydrogens (tertiary/aromatic N) is 2. The molecular formula is C60H94N4O16U2-12. The zero-order valence-electron chi connectivity index (χ0n) is 52.3. The molecule has 4 rings (SSSR count). The number of hydrogen-bond donors (Lipinski definition) is 4. The molecule has 0 saturated carbocycles. The maximum atomic E-state index is 13.6. The minimum absolute atomic E-state index is 0. The molecule has 4 aromatic rings. The minimum atomic E-state index is -1.75. The van der Waals surface area contributed by atoms with Crippen molar-refractivity contribution in [1.29, 1.82) is 0 Å². The van der Waals surface area contributed by atoms with Gasteiger partial charge in [-0.05, 0) is 147 Å². The number of rotatable bonds is 15. The first-order valence-corrected chi connectivity index (χ1v) is 26.4. The topological polar surface area (TPSA) is 388 Å².